The molecular weight excluding hydrogens is 244 g/mol. The molecule has 118 valence electrons. The first-order valence-electron chi connectivity index (χ1n) is 8.98. The van der Waals surface area contributed by atoms with Gasteiger partial charge in [-0.05, 0) is 55.5 Å². The quantitative estimate of drug-likeness (QED) is 0.824. The molecule has 2 aliphatic rings. The molecular formula is C18H36N2. The summed E-state index contributed by atoms with van der Waals surface area (Å²) < 4.78 is 0. The van der Waals surface area contributed by atoms with E-state index in [0.717, 1.165) is 24.3 Å². The Balaban J connectivity index is 1.93. The van der Waals surface area contributed by atoms with Crippen LogP contribution in [0, 0.1) is 23.2 Å². The Morgan fingerprint density at radius 1 is 1.05 bits per heavy atom. The Kier molecular flexibility index (Phi) is 5.92. The second-order valence-electron chi connectivity index (χ2n) is 7.94. The molecule has 0 aromatic heterocycles. The van der Waals surface area contributed by atoms with E-state index in [9.17, 15) is 0 Å². The lowest BCUT2D eigenvalue weighted by molar-refractivity contribution is 0.0507. The standard InChI is InChI=1S/C18H36N2/c1-5-19-13-18(9-6-15(2)7-10-18)14-20-11-8-16(3)17(4)12-20/h15-17,19H,5-14H2,1-4H3. The predicted octanol–water partition coefficient (Wildman–Crippen LogP) is 3.77. The molecule has 1 heterocycles. The topological polar surface area (TPSA) is 15.3 Å². The van der Waals surface area contributed by atoms with Crippen LogP contribution in [-0.2, 0) is 0 Å². The van der Waals surface area contributed by atoms with Gasteiger partial charge in [-0.3, -0.25) is 0 Å². The minimum atomic E-state index is 0.558. The van der Waals surface area contributed by atoms with Crippen molar-refractivity contribution in [2.45, 2.75) is 59.8 Å². The third-order valence-electron chi connectivity index (χ3n) is 6.06. The van der Waals surface area contributed by atoms with Crippen LogP contribution in [0.3, 0.4) is 0 Å². The summed E-state index contributed by atoms with van der Waals surface area (Å²) in [5, 5.41) is 3.66. The van der Waals surface area contributed by atoms with Gasteiger partial charge >= 0.3 is 0 Å². The van der Waals surface area contributed by atoms with Crippen LogP contribution < -0.4 is 5.32 Å². The van der Waals surface area contributed by atoms with Crippen molar-refractivity contribution in [1.82, 2.24) is 10.2 Å². The van der Waals surface area contributed by atoms with Crippen LogP contribution in [0.4, 0.5) is 0 Å². The molecule has 2 fully saturated rings. The minimum absolute atomic E-state index is 0.558. The van der Waals surface area contributed by atoms with E-state index in [1.165, 1.54) is 58.3 Å². The van der Waals surface area contributed by atoms with Gasteiger partial charge in [0, 0.05) is 19.6 Å². The maximum Gasteiger partial charge on any atom is 0.00503 e. The summed E-state index contributed by atoms with van der Waals surface area (Å²) in [6.07, 6.45) is 7.13. The Morgan fingerprint density at radius 3 is 2.35 bits per heavy atom. The van der Waals surface area contributed by atoms with Crippen LogP contribution in [-0.4, -0.2) is 37.6 Å². The Morgan fingerprint density at radius 2 is 1.75 bits per heavy atom. The summed E-state index contributed by atoms with van der Waals surface area (Å²) >= 11 is 0. The van der Waals surface area contributed by atoms with Crippen LogP contribution in [0.15, 0.2) is 0 Å². The van der Waals surface area contributed by atoms with E-state index >= 15 is 0 Å². The lowest BCUT2D eigenvalue weighted by Gasteiger charge is -2.45. The van der Waals surface area contributed by atoms with Crippen LogP contribution in [0.5, 0.6) is 0 Å². The van der Waals surface area contributed by atoms with Crippen LogP contribution in [0.1, 0.15) is 59.8 Å². The summed E-state index contributed by atoms with van der Waals surface area (Å²) in [7, 11) is 0. The van der Waals surface area contributed by atoms with E-state index in [2.05, 4.69) is 37.9 Å². The molecule has 1 N–H and O–H groups in total. The zero-order chi connectivity index (χ0) is 14.6. The Bertz CT molecular complexity index is 276. The molecule has 20 heavy (non-hydrogen) atoms. The molecule has 0 aromatic carbocycles. The van der Waals surface area contributed by atoms with Crippen molar-refractivity contribution in [3.63, 3.8) is 0 Å². The van der Waals surface area contributed by atoms with Crippen molar-refractivity contribution in [3.05, 3.63) is 0 Å². The third-order valence-corrected chi connectivity index (χ3v) is 6.06. The molecule has 0 amide bonds. The maximum atomic E-state index is 3.66. The van der Waals surface area contributed by atoms with Crippen molar-refractivity contribution in [2.75, 3.05) is 32.7 Å². The van der Waals surface area contributed by atoms with Crippen molar-refractivity contribution >= 4 is 0 Å². The maximum absolute atomic E-state index is 3.66. The number of likely N-dealkylation sites (tertiary alicyclic amines) is 1. The van der Waals surface area contributed by atoms with Gasteiger partial charge in [0.15, 0.2) is 0 Å². The van der Waals surface area contributed by atoms with E-state index in [4.69, 9.17) is 0 Å². The highest BCUT2D eigenvalue weighted by molar-refractivity contribution is 4.90. The number of hydrogen-bond donors (Lipinski definition) is 1. The largest absolute Gasteiger partial charge is 0.316 e. The zero-order valence-corrected chi connectivity index (χ0v) is 14.3. The molecule has 1 aliphatic heterocycles. The summed E-state index contributed by atoms with van der Waals surface area (Å²) in [5.41, 5.74) is 0.558. The average molecular weight is 281 g/mol. The first-order valence-corrected chi connectivity index (χ1v) is 8.98. The lowest BCUT2D eigenvalue weighted by Crippen LogP contribution is -2.49. The van der Waals surface area contributed by atoms with Crippen molar-refractivity contribution in [1.29, 1.82) is 0 Å². The van der Waals surface area contributed by atoms with Gasteiger partial charge in [-0.2, -0.15) is 0 Å². The second-order valence-corrected chi connectivity index (χ2v) is 7.94. The number of nitrogens with one attached hydrogen (secondary N) is 1. The molecule has 2 rings (SSSR count). The number of piperidine rings is 1. The van der Waals surface area contributed by atoms with E-state index in [0.29, 0.717) is 5.41 Å². The van der Waals surface area contributed by atoms with E-state index in [1.807, 2.05) is 0 Å². The normalized spacial score (nSPS) is 39.9. The summed E-state index contributed by atoms with van der Waals surface area (Å²) in [4.78, 5) is 2.78. The van der Waals surface area contributed by atoms with Crippen LogP contribution in [0.25, 0.3) is 0 Å². The summed E-state index contributed by atoms with van der Waals surface area (Å²) in [6.45, 7) is 15.9. The molecule has 0 spiro atoms. The SMILES string of the molecule is CCNCC1(CN2CCC(C)C(C)C2)CCC(C)CC1. The summed E-state index contributed by atoms with van der Waals surface area (Å²) in [5.74, 6) is 2.75. The van der Waals surface area contributed by atoms with Gasteiger partial charge in [0.2, 0.25) is 0 Å². The highest BCUT2D eigenvalue weighted by atomic mass is 15.1. The Hall–Kier alpha value is -0.0800. The lowest BCUT2D eigenvalue weighted by atomic mass is 9.70. The number of nitrogens with zero attached hydrogens (tertiary/aromatic N) is 1. The minimum Gasteiger partial charge on any atom is -0.316 e. The highest BCUT2D eigenvalue weighted by Gasteiger charge is 2.36. The van der Waals surface area contributed by atoms with Gasteiger partial charge in [-0.15, -0.1) is 0 Å². The second kappa shape index (κ2) is 7.26. The fourth-order valence-electron chi connectivity index (χ4n) is 4.12. The molecule has 2 unspecified atom stereocenters. The Labute approximate surface area is 126 Å². The molecule has 1 aliphatic carbocycles. The van der Waals surface area contributed by atoms with Crippen molar-refractivity contribution in [2.24, 2.45) is 23.2 Å². The molecule has 2 atom stereocenters. The van der Waals surface area contributed by atoms with Crippen molar-refractivity contribution < 1.29 is 0 Å². The van der Waals surface area contributed by atoms with Gasteiger partial charge < -0.3 is 10.2 Å². The zero-order valence-electron chi connectivity index (χ0n) is 14.3. The fourth-order valence-corrected chi connectivity index (χ4v) is 4.12. The molecule has 1 saturated heterocycles. The molecule has 2 nitrogen and oxygen atoms in total. The van der Waals surface area contributed by atoms with Crippen LogP contribution in [0.2, 0.25) is 0 Å². The van der Waals surface area contributed by atoms with Gasteiger partial charge in [0.25, 0.3) is 0 Å². The highest BCUT2D eigenvalue weighted by Crippen LogP contribution is 2.40. The van der Waals surface area contributed by atoms with Gasteiger partial charge in [-0.1, -0.05) is 40.5 Å². The number of hydrogen-bond acceptors (Lipinski definition) is 2. The smallest absolute Gasteiger partial charge is 0.00503 e. The monoisotopic (exact) mass is 280 g/mol. The molecule has 2 heteroatoms. The molecule has 0 radical (unpaired) electrons. The third kappa shape index (κ3) is 4.21. The van der Waals surface area contributed by atoms with E-state index in [-0.39, 0.29) is 0 Å². The van der Waals surface area contributed by atoms with Gasteiger partial charge in [0.1, 0.15) is 0 Å². The van der Waals surface area contributed by atoms with E-state index in [1.54, 1.807) is 0 Å². The van der Waals surface area contributed by atoms with E-state index < -0.39 is 0 Å². The molecule has 0 bridgehead atoms. The average Bonchev–Trinajstić information content (AvgIpc) is 2.44. The van der Waals surface area contributed by atoms with Gasteiger partial charge in [-0.25, -0.2) is 0 Å². The van der Waals surface area contributed by atoms with Crippen molar-refractivity contribution in [3.8, 4) is 0 Å². The first-order chi connectivity index (χ1) is 9.54. The number of rotatable bonds is 5. The fraction of sp³-hybridized carbons (Fsp3) is 1.00. The van der Waals surface area contributed by atoms with Gasteiger partial charge in [0.05, 0.1) is 0 Å². The first kappa shape index (κ1) is 16.3. The summed E-state index contributed by atoms with van der Waals surface area (Å²) in [6, 6.07) is 0. The molecule has 1 saturated carbocycles. The van der Waals surface area contributed by atoms with Crippen LogP contribution >= 0.6 is 0 Å². The molecule has 0 aromatic rings. The predicted molar refractivity (Wildman–Crippen MR) is 88.0 cm³/mol.